The summed E-state index contributed by atoms with van der Waals surface area (Å²) in [4.78, 5) is 10.9. The minimum absolute atomic E-state index is 0.263. The van der Waals surface area contributed by atoms with Crippen molar-refractivity contribution in [3.63, 3.8) is 0 Å². The Morgan fingerprint density at radius 3 is 2.79 bits per heavy atom. The predicted octanol–water partition coefficient (Wildman–Crippen LogP) is 2.60. The van der Waals surface area contributed by atoms with Gasteiger partial charge in [0.1, 0.15) is 11.1 Å². The number of hydrogen-bond donors (Lipinski definition) is 1. The third kappa shape index (κ3) is 2.11. The van der Waals surface area contributed by atoms with E-state index >= 15 is 0 Å². The molecule has 1 saturated heterocycles. The Balaban J connectivity index is 1.95. The summed E-state index contributed by atoms with van der Waals surface area (Å²) in [6.45, 7) is 5.41. The Kier molecular flexibility index (Phi) is 2.98. The number of pyridine rings is 2. The summed E-state index contributed by atoms with van der Waals surface area (Å²) in [6.07, 6.45) is 3.57. The average Bonchev–Trinajstić information content (AvgIpc) is 2.33. The Labute approximate surface area is 120 Å². The number of β-amino-alcohol motifs (C(OH)–C–C–N with tert-alkyl or cyclic N) is 1. The van der Waals surface area contributed by atoms with Crippen molar-refractivity contribution in [3.05, 3.63) is 29.0 Å². The van der Waals surface area contributed by atoms with Crippen molar-refractivity contribution in [1.29, 1.82) is 0 Å². The quantitative estimate of drug-likeness (QED) is 0.923. The number of anilines is 1. The first-order valence-electron chi connectivity index (χ1n) is 6.37. The molecule has 0 aromatic carbocycles. The van der Waals surface area contributed by atoms with Gasteiger partial charge in [0.25, 0.3) is 0 Å². The molecule has 0 radical (unpaired) electrons. The van der Waals surface area contributed by atoms with Gasteiger partial charge in [-0.05, 0) is 34.0 Å². The number of fused-ring (bicyclic) bond motifs is 1. The van der Waals surface area contributed by atoms with E-state index in [1.165, 1.54) is 0 Å². The van der Waals surface area contributed by atoms with Crippen molar-refractivity contribution >= 4 is 32.7 Å². The molecule has 5 heteroatoms. The van der Waals surface area contributed by atoms with Gasteiger partial charge in [0, 0.05) is 30.0 Å². The maximum absolute atomic E-state index is 10.3. The number of halogens is 1. The monoisotopic (exact) mass is 321 g/mol. The van der Waals surface area contributed by atoms with E-state index in [1.807, 2.05) is 12.1 Å². The molecular weight excluding hydrogens is 306 g/mol. The smallest absolute Gasteiger partial charge is 0.112 e. The highest BCUT2D eigenvalue weighted by molar-refractivity contribution is 9.10. The van der Waals surface area contributed by atoms with E-state index in [1.54, 1.807) is 12.4 Å². The maximum Gasteiger partial charge on any atom is 0.112 e. The van der Waals surface area contributed by atoms with Crippen LogP contribution in [0.3, 0.4) is 0 Å². The minimum Gasteiger partial charge on any atom is -0.386 e. The van der Waals surface area contributed by atoms with E-state index in [2.05, 4.69) is 44.6 Å². The second kappa shape index (κ2) is 4.42. The summed E-state index contributed by atoms with van der Waals surface area (Å²) in [5.74, 6) is 0.263. The van der Waals surface area contributed by atoms with E-state index < -0.39 is 5.60 Å². The number of aliphatic hydroxyl groups is 1. The summed E-state index contributed by atoms with van der Waals surface area (Å²) < 4.78 is 0.923. The molecule has 1 aliphatic rings. The maximum atomic E-state index is 10.3. The Bertz CT molecular complexity index is 623. The lowest BCUT2D eigenvalue weighted by molar-refractivity contribution is -0.0299. The normalized spacial score (nSPS) is 17.8. The zero-order valence-corrected chi connectivity index (χ0v) is 12.6. The number of aromatic nitrogens is 2. The second-order valence-corrected chi connectivity index (χ2v) is 6.38. The van der Waals surface area contributed by atoms with E-state index in [9.17, 15) is 5.11 Å². The molecule has 1 N–H and O–H groups in total. The molecule has 0 spiro atoms. The molecular formula is C14H16BrN3O. The second-order valence-electron chi connectivity index (χ2n) is 5.47. The van der Waals surface area contributed by atoms with Gasteiger partial charge >= 0.3 is 0 Å². The zero-order valence-electron chi connectivity index (χ0n) is 11.0. The molecule has 3 heterocycles. The van der Waals surface area contributed by atoms with Crippen LogP contribution in [0.15, 0.2) is 29.0 Å². The largest absolute Gasteiger partial charge is 0.386 e. The van der Waals surface area contributed by atoms with Crippen molar-refractivity contribution in [2.45, 2.75) is 19.4 Å². The minimum atomic E-state index is -0.578. The van der Waals surface area contributed by atoms with E-state index in [0.29, 0.717) is 13.1 Å². The number of hydrogen-bond acceptors (Lipinski definition) is 4. The van der Waals surface area contributed by atoms with Crippen LogP contribution < -0.4 is 4.90 Å². The van der Waals surface area contributed by atoms with Gasteiger partial charge in [-0.2, -0.15) is 0 Å². The lowest BCUT2D eigenvalue weighted by Crippen LogP contribution is -2.64. The molecule has 2 aromatic rings. The summed E-state index contributed by atoms with van der Waals surface area (Å²) in [5, 5.41) is 10.3. The van der Waals surface area contributed by atoms with Gasteiger partial charge < -0.3 is 10.0 Å². The van der Waals surface area contributed by atoms with Crippen LogP contribution in [0.4, 0.5) is 5.69 Å². The van der Waals surface area contributed by atoms with Crippen LogP contribution in [0, 0.1) is 5.92 Å². The lowest BCUT2D eigenvalue weighted by Gasteiger charge is -2.50. The van der Waals surface area contributed by atoms with Gasteiger partial charge in [-0.25, -0.2) is 0 Å². The molecule has 0 bridgehead atoms. The third-order valence-corrected chi connectivity index (χ3v) is 4.30. The molecule has 19 heavy (non-hydrogen) atoms. The van der Waals surface area contributed by atoms with Crippen molar-refractivity contribution in [2.75, 3.05) is 18.0 Å². The number of nitrogens with zero attached hydrogens (tertiary/aromatic N) is 3. The fraction of sp³-hybridized carbons (Fsp3) is 0.429. The predicted molar refractivity (Wildman–Crippen MR) is 79.2 cm³/mol. The van der Waals surface area contributed by atoms with Gasteiger partial charge in [-0.1, -0.05) is 13.8 Å². The molecule has 4 nitrogen and oxygen atoms in total. The SMILES string of the molecule is CC(C)C1(O)CN(c2ccnc3cc(Br)cnc23)C1. The van der Waals surface area contributed by atoms with Crippen LogP contribution in [0.1, 0.15) is 13.8 Å². The zero-order chi connectivity index (χ0) is 13.6. The number of rotatable bonds is 2. The van der Waals surface area contributed by atoms with Crippen LogP contribution in [0.2, 0.25) is 0 Å². The standard InChI is InChI=1S/C14H16BrN3O/c1-9(2)14(19)7-18(8-14)12-3-4-16-11-5-10(15)6-17-13(11)12/h3-6,9,19H,7-8H2,1-2H3. The third-order valence-electron chi connectivity index (χ3n) is 3.87. The highest BCUT2D eigenvalue weighted by Crippen LogP contribution is 2.35. The van der Waals surface area contributed by atoms with Crippen molar-refractivity contribution in [1.82, 2.24) is 9.97 Å². The fourth-order valence-corrected chi connectivity index (χ4v) is 2.72. The van der Waals surface area contributed by atoms with Crippen LogP contribution in [0.5, 0.6) is 0 Å². The van der Waals surface area contributed by atoms with Crippen LogP contribution >= 0.6 is 15.9 Å². The summed E-state index contributed by atoms with van der Waals surface area (Å²) >= 11 is 3.41. The van der Waals surface area contributed by atoms with Gasteiger partial charge in [-0.15, -0.1) is 0 Å². The van der Waals surface area contributed by atoms with Gasteiger partial charge in [0.05, 0.1) is 11.2 Å². The van der Waals surface area contributed by atoms with Gasteiger partial charge in [-0.3, -0.25) is 9.97 Å². The molecule has 0 unspecified atom stereocenters. The first-order valence-corrected chi connectivity index (χ1v) is 7.16. The molecule has 100 valence electrons. The highest BCUT2D eigenvalue weighted by atomic mass is 79.9. The first-order chi connectivity index (χ1) is 8.99. The van der Waals surface area contributed by atoms with Crippen LogP contribution in [-0.4, -0.2) is 33.8 Å². The summed E-state index contributed by atoms with van der Waals surface area (Å²) in [5.41, 5.74) is 2.22. The van der Waals surface area contributed by atoms with E-state index in [-0.39, 0.29) is 5.92 Å². The van der Waals surface area contributed by atoms with Crippen molar-refractivity contribution in [2.24, 2.45) is 5.92 Å². The van der Waals surface area contributed by atoms with Gasteiger partial charge in [0.15, 0.2) is 0 Å². The topological polar surface area (TPSA) is 49.2 Å². The molecule has 2 aromatic heterocycles. The van der Waals surface area contributed by atoms with Gasteiger partial charge in [0.2, 0.25) is 0 Å². The Morgan fingerprint density at radius 2 is 2.11 bits per heavy atom. The Hall–Kier alpha value is -1.20. The molecule has 0 atom stereocenters. The van der Waals surface area contributed by atoms with E-state index in [4.69, 9.17) is 0 Å². The molecule has 1 aliphatic heterocycles. The Morgan fingerprint density at radius 1 is 1.37 bits per heavy atom. The molecule has 0 amide bonds. The molecule has 0 saturated carbocycles. The van der Waals surface area contributed by atoms with Crippen molar-refractivity contribution < 1.29 is 5.11 Å². The molecule has 3 rings (SSSR count). The lowest BCUT2D eigenvalue weighted by atomic mass is 9.82. The fourth-order valence-electron chi connectivity index (χ4n) is 2.40. The molecule has 0 aliphatic carbocycles. The van der Waals surface area contributed by atoms with Crippen molar-refractivity contribution in [3.8, 4) is 0 Å². The molecule has 1 fully saturated rings. The first kappa shape index (κ1) is 12.8. The summed E-state index contributed by atoms with van der Waals surface area (Å²) in [6, 6.07) is 3.92. The van der Waals surface area contributed by atoms with Crippen LogP contribution in [-0.2, 0) is 0 Å². The van der Waals surface area contributed by atoms with E-state index in [0.717, 1.165) is 21.2 Å². The average molecular weight is 322 g/mol. The summed E-state index contributed by atoms with van der Waals surface area (Å²) in [7, 11) is 0. The highest BCUT2D eigenvalue weighted by Gasteiger charge is 2.44. The van der Waals surface area contributed by atoms with Crippen LogP contribution in [0.25, 0.3) is 11.0 Å².